The number of carbonyl (C=O) groups excluding carboxylic acids is 2. The molecule has 0 aliphatic rings. The molecule has 5 nitrogen and oxygen atoms in total. The summed E-state index contributed by atoms with van der Waals surface area (Å²) in [5, 5.41) is 10.7. The molecule has 0 saturated carbocycles. The van der Waals surface area contributed by atoms with Gasteiger partial charge in [0, 0.05) is 23.2 Å². The number of aromatic nitrogens is 1. The van der Waals surface area contributed by atoms with Crippen molar-refractivity contribution in [1.82, 2.24) is 4.98 Å². The lowest BCUT2D eigenvalue weighted by molar-refractivity contribution is -0.151. The van der Waals surface area contributed by atoms with Crippen molar-refractivity contribution in [1.29, 1.82) is 0 Å². The Kier molecular flexibility index (Phi) is 4.10. The van der Waals surface area contributed by atoms with Crippen molar-refractivity contribution in [2.24, 2.45) is 0 Å². The van der Waals surface area contributed by atoms with Gasteiger partial charge < -0.3 is 9.84 Å². The maximum absolute atomic E-state index is 11.5. The predicted octanol–water partition coefficient (Wildman–Crippen LogP) is 2.27. The number of para-hydroxylation sites is 1. The highest BCUT2D eigenvalue weighted by Gasteiger charge is 2.14. The molecule has 0 aliphatic carbocycles. The van der Waals surface area contributed by atoms with Crippen LogP contribution in [0.1, 0.15) is 12.5 Å². The van der Waals surface area contributed by atoms with Crippen molar-refractivity contribution >= 4 is 28.4 Å². The molecule has 0 bridgehead atoms. The van der Waals surface area contributed by atoms with Crippen LogP contribution in [0.15, 0.2) is 42.6 Å². The molecule has 1 aromatic carbocycles. The molecule has 102 valence electrons. The summed E-state index contributed by atoms with van der Waals surface area (Å²) in [6, 6.07) is 8.76. The van der Waals surface area contributed by atoms with Gasteiger partial charge in [0.25, 0.3) is 5.78 Å². The summed E-state index contributed by atoms with van der Waals surface area (Å²) in [5.74, 6) is -2.18. The summed E-state index contributed by atoms with van der Waals surface area (Å²) in [6.45, 7) is 1.71. The Morgan fingerprint density at radius 3 is 2.80 bits per heavy atom. The zero-order valence-corrected chi connectivity index (χ0v) is 10.9. The third-order valence-electron chi connectivity index (χ3n) is 2.67. The van der Waals surface area contributed by atoms with E-state index in [1.807, 2.05) is 6.07 Å². The predicted molar refractivity (Wildman–Crippen MR) is 74.0 cm³/mol. The SMILES string of the molecule is CCOC(=O)C(=O)C=C(O)c1ccnc2ccccc12. The van der Waals surface area contributed by atoms with Crippen molar-refractivity contribution in [2.45, 2.75) is 6.92 Å². The number of carbonyl (C=O) groups is 2. The number of benzene rings is 1. The first kappa shape index (κ1) is 13.7. The Hall–Kier alpha value is -2.69. The molecule has 2 aromatic rings. The van der Waals surface area contributed by atoms with Gasteiger partial charge in [0.2, 0.25) is 0 Å². The van der Waals surface area contributed by atoms with Gasteiger partial charge in [-0.25, -0.2) is 4.79 Å². The van der Waals surface area contributed by atoms with Crippen LogP contribution in [0.5, 0.6) is 0 Å². The fourth-order valence-electron chi connectivity index (χ4n) is 1.78. The molecule has 20 heavy (non-hydrogen) atoms. The van der Waals surface area contributed by atoms with Crippen molar-refractivity contribution < 1.29 is 19.4 Å². The summed E-state index contributed by atoms with van der Waals surface area (Å²) in [7, 11) is 0. The van der Waals surface area contributed by atoms with Gasteiger partial charge in [0.05, 0.1) is 12.1 Å². The molecule has 0 spiro atoms. The molecular weight excluding hydrogens is 258 g/mol. The lowest BCUT2D eigenvalue weighted by atomic mass is 10.1. The fourth-order valence-corrected chi connectivity index (χ4v) is 1.78. The first-order valence-electron chi connectivity index (χ1n) is 6.09. The topological polar surface area (TPSA) is 76.5 Å². The van der Waals surface area contributed by atoms with Gasteiger partial charge >= 0.3 is 5.97 Å². The Morgan fingerprint density at radius 1 is 1.30 bits per heavy atom. The average molecular weight is 271 g/mol. The third kappa shape index (κ3) is 2.83. The van der Waals surface area contributed by atoms with E-state index in [-0.39, 0.29) is 12.4 Å². The molecule has 0 unspecified atom stereocenters. The molecule has 0 radical (unpaired) electrons. The Morgan fingerprint density at radius 2 is 2.05 bits per heavy atom. The quantitative estimate of drug-likeness (QED) is 0.399. The minimum Gasteiger partial charge on any atom is -0.507 e. The van der Waals surface area contributed by atoms with Gasteiger partial charge in [-0.1, -0.05) is 18.2 Å². The Bertz CT molecular complexity index is 686. The van der Waals surface area contributed by atoms with E-state index >= 15 is 0 Å². The number of ketones is 1. The van der Waals surface area contributed by atoms with E-state index in [0.717, 1.165) is 6.08 Å². The zero-order valence-electron chi connectivity index (χ0n) is 10.9. The molecule has 0 aliphatic heterocycles. The van der Waals surface area contributed by atoms with E-state index in [4.69, 9.17) is 0 Å². The molecule has 2 rings (SSSR count). The normalized spacial score (nSPS) is 11.3. The second-order valence-electron chi connectivity index (χ2n) is 3.99. The highest BCUT2D eigenvalue weighted by molar-refractivity contribution is 6.39. The molecule has 5 heteroatoms. The van der Waals surface area contributed by atoms with Crippen LogP contribution in [-0.2, 0) is 14.3 Å². The van der Waals surface area contributed by atoms with Crippen LogP contribution in [0, 0.1) is 0 Å². The van der Waals surface area contributed by atoms with Crippen molar-refractivity contribution in [3.8, 4) is 0 Å². The highest BCUT2D eigenvalue weighted by Crippen LogP contribution is 2.21. The number of aliphatic hydroxyl groups is 1. The van der Waals surface area contributed by atoms with Crippen LogP contribution in [0.25, 0.3) is 16.7 Å². The number of rotatable bonds is 4. The number of nitrogens with zero attached hydrogens (tertiary/aromatic N) is 1. The molecule has 0 amide bonds. The van der Waals surface area contributed by atoms with Crippen LogP contribution >= 0.6 is 0 Å². The van der Waals surface area contributed by atoms with Crippen LogP contribution in [-0.4, -0.2) is 28.4 Å². The Labute approximate surface area is 115 Å². The van der Waals surface area contributed by atoms with E-state index in [9.17, 15) is 14.7 Å². The lowest BCUT2D eigenvalue weighted by Crippen LogP contribution is -2.15. The van der Waals surface area contributed by atoms with E-state index < -0.39 is 11.8 Å². The minimum absolute atomic E-state index is 0.108. The highest BCUT2D eigenvalue weighted by atomic mass is 16.5. The summed E-state index contributed by atoms with van der Waals surface area (Å²) in [4.78, 5) is 26.9. The molecule has 1 heterocycles. The molecule has 1 aromatic heterocycles. The smallest absolute Gasteiger partial charge is 0.379 e. The summed E-state index contributed by atoms with van der Waals surface area (Å²) >= 11 is 0. The number of hydrogen-bond acceptors (Lipinski definition) is 5. The van der Waals surface area contributed by atoms with Crippen molar-refractivity contribution in [2.75, 3.05) is 6.61 Å². The fraction of sp³-hybridized carbons (Fsp3) is 0.133. The number of aliphatic hydroxyl groups excluding tert-OH is 1. The molecule has 0 atom stereocenters. The second kappa shape index (κ2) is 5.97. The van der Waals surface area contributed by atoms with E-state index in [1.165, 1.54) is 6.20 Å². The van der Waals surface area contributed by atoms with Crippen molar-refractivity contribution in [3.05, 3.63) is 48.2 Å². The summed E-state index contributed by atoms with van der Waals surface area (Å²) in [5.41, 5.74) is 1.13. The number of esters is 1. The van der Waals surface area contributed by atoms with Gasteiger partial charge in [-0.3, -0.25) is 9.78 Å². The van der Waals surface area contributed by atoms with Crippen LogP contribution < -0.4 is 0 Å². The number of fused-ring (bicyclic) bond motifs is 1. The first-order chi connectivity index (χ1) is 9.63. The van der Waals surface area contributed by atoms with Gasteiger partial charge in [0.15, 0.2) is 0 Å². The minimum atomic E-state index is -0.989. The monoisotopic (exact) mass is 271 g/mol. The molecule has 1 N–H and O–H groups in total. The summed E-state index contributed by atoms with van der Waals surface area (Å²) < 4.78 is 4.57. The second-order valence-corrected chi connectivity index (χ2v) is 3.99. The van der Waals surface area contributed by atoms with Gasteiger partial charge in [-0.2, -0.15) is 0 Å². The maximum Gasteiger partial charge on any atom is 0.379 e. The largest absolute Gasteiger partial charge is 0.507 e. The van der Waals surface area contributed by atoms with Crippen LogP contribution in [0.3, 0.4) is 0 Å². The maximum atomic E-state index is 11.5. The van der Waals surface area contributed by atoms with E-state index in [1.54, 1.807) is 31.2 Å². The van der Waals surface area contributed by atoms with Gasteiger partial charge in [0.1, 0.15) is 5.76 Å². The standard InChI is InChI=1S/C15H13NO4/c1-2-20-15(19)14(18)9-13(17)11-7-8-16-12-6-4-3-5-10(11)12/h3-9,17H,2H2,1H3. The van der Waals surface area contributed by atoms with Crippen molar-refractivity contribution in [3.63, 3.8) is 0 Å². The van der Waals surface area contributed by atoms with Crippen LogP contribution in [0.4, 0.5) is 0 Å². The third-order valence-corrected chi connectivity index (χ3v) is 2.67. The average Bonchev–Trinajstić information content (AvgIpc) is 2.46. The molecule has 0 fully saturated rings. The number of ether oxygens (including phenoxy) is 1. The number of pyridine rings is 1. The molecular formula is C15H13NO4. The number of hydrogen-bond donors (Lipinski definition) is 1. The lowest BCUT2D eigenvalue weighted by Gasteiger charge is -2.04. The van der Waals surface area contributed by atoms with E-state index in [2.05, 4.69) is 9.72 Å². The van der Waals surface area contributed by atoms with Crippen LogP contribution in [0.2, 0.25) is 0 Å². The first-order valence-corrected chi connectivity index (χ1v) is 6.09. The van der Waals surface area contributed by atoms with Gasteiger partial charge in [-0.15, -0.1) is 0 Å². The zero-order chi connectivity index (χ0) is 14.5. The molecule has 0 saturated heterocycles. The summed E-state index contributed by atoms with van der Waals surface area (Å²) in [6.07, 6.45) is 2.39. The Balaban J connectivity index is 2.38. The van der Waals surface area contributed by atoms with E-state index in [0.29, 0.717) is 16.5 Å². The van der Waals surface area contributed by atoms with Gasteiger partial charge in [-0.05, 0) is 19.1 Å².